The molecule has 0 spiro atoms. The Hall–Kier alpha value is -1.68. The van der Waals surface area contributed by atoms with Gasteiger partial charge in [-0.05, 0) is 17.7 Å². The van der Waals surface area contributed by atoms with Crippen molar-refractivity contribution in [1.82, 2.24) is 4.98 Å². The van der Waals surface area contributed by atoms with Crippen LogP contribution in [0.5, 0.6) is 0 Å². The fourth-order valence-corrected chi connectivity index (χ4v) is 0.812. The highest BCUT2D eigenvalue weighted by atomic mass is 19.3. The number of rotatable bonds is 3. The molecule has 1 aromatic rings. The van der Waals surface area contributed by atoms with Crippen molar-refractivity contribution in [3.63, 3.8) is 0 Å². The van der Waals surface area contributed by atoms with Crippen LogP contribution in [-0.2, 0) is 6.54 Å². The highest BCUT2D eigenvalue weighted by Gasteiger charge is 2.07. The lowest BCUT2D eigenvalue weighted by Crippen LogP contribution is -1.93. The molecule has 0 aliphatic carbocycles. The monoisotopic (exact) mass is 184 g/mol. The molecule has 0 aliphatic rings. The SMILES string of the molecule is [N-]=[N+]=NCc1cccc(C(F)F)n1. The molecule has 0 unspecified atom stereocenters. The summed E-state index contributed by atoms with van der Waals surface area (Å²) in [6.45, 7) is -0.00292. The highest BCUT2D eigenvalue weighted by Crippen LogP contribution is 2.16. The predicted molar refractivity (Wildman–Crippen MR) is 42.0 cm³/mol. The van der Waals surface area contributed by atoms with Gasteiger partial charge in [-0.25, -0.2) is 8.78 Å². The summed E-state index contributed by atoms with van der Waals surface area (Å²) in [6.07, 6.45) is -2.59. The Kier molecular flexibility index (Phi) is 3.16. The number of aromatic nitrogens is 1. The molecule has 0 bridgehead atoms. The number of nitrogens with zero attached hydrogens (tertiary/aromatic N) is 4. The third-order valence-electron chi connectivity index (χ3n) is 1.35. The van der Waals surface area contributed by atoms with Crippen molar-refractivity contribution in [3.8, 4) is 0 Å². The largest absolute Gasteiger partial charge is 0.280 e. The van der Waals surface area contributed by atoms with Gasteiger partial charge in [0.1, 0.15) is 5.69 Å². The second-order valence-electron chi connectivity index (χ2n) is 2.24. The fourth-order valence-electron chi connectivity index (χ4n) is 0.812. The van der Waals surface area contributed by atoms with E-state index >= 15 is 0 Å². The molecule has 0 amide bonds. The van der Waals surface area contributed by atoms with Gasteiger partial charge in [0.2, 0.25) is 0 Å². The van der Waals surface area contributed by atoms with E-state index in [-0.39, 0.29) is 12.2 Å². The zero-order valence-electron chi connectivity index (χ0n) is 6.56. The first-order chi connectivity index (χ1) is 6.24. The van der Waals surface area contributed by atoms with Gasteiger partial charge in [0.05, 0.1) is 6.54 Å². The number of alkyl halides is 2. The molecule has 6 heteroatoms. The normalized spacial score (nSPS) is 9.77. The molecular weight excluding hydrogens is 178 g/mol. The molecule has 1 aromatic heterocycles. The molecule has 0 aliphatic heterocycles. The molecule has 0 N–H and O–H groups in total. The van der Waals surface area contributed by atoms with Gasteiger partial charge in [-0.2, -0.15) is 0 Å². The lowest BCUT2D eigenvalue weighted by molar-refractivity contribution is 0.146. The molecule has 1 heterocycles. The van der Waals surface area contributed by atoms with E-state index in [2.05, 4.69) is 15.0 Å². The molecule has 0 aromatic carbocycles. The summed E-state index contributed by atoms with van der Waals surface area (Å²) in [4.78, 5) is 6.10. The lowest BCUT2D eigenvalue weighted by atomic mass is 10.3. The van der Waals surface area contributed by atoms with Crippen LogP contribution in [0.1, 0.15) is 17.8 Å². The number of halogens is 2. The van der Waals surface area contributed by atoms with Crippen LogP contribution in [0, 0.1) is 0 Å². The molecule has 0 saturated carbocycles. The number of hydrogen-bond acceptors (Lipinski definition) is 2. The Morgan fingerprint density at radius 1 is 1.54 bits per heavy atom. The van der Waals surface area contributed by atoms with Crippen LogP contribution >= 0.6 is 0 Å². The first kappa shape index (κ1) is 9.41. The lowest BCUT2D eigenvalue weighted by Gasteiger charge is -1.99. The molecule has 13 heavy (non-hydrogen) atoms. The van der Waals surface area contributed by atoms with Crippen LogP contribution in [0.3, 0.4) is 0 Å². The maximum absolute atomic E-state index is 12.1. The predicted octanol–water partition coefficient (Wildman–Crippen LogP) is 2.83. The maximum Gasteiger partial charge on any atom is 0.280 e. The smallest absolute Gasteiger partial charge is 0.252 e. The summed E-state index contributed by atoms with van der Waals surface area (Å²) in [5, 5.41) is 3.22. The third-order valence-corrected chi connectivity index (χ3v) is 1.35. The van der Waals surface area contributed by atoms with Crippen LogP contribution in [0.25, 0.3) is 10.4 Å². The zero-order valence-corrected chi connectivity index (χ0v) is 6.56. The van der Waals surface area contributed by atoms with Crippen molar-refractivity contribution < 1.29 is 8.78 Å². The summed E-state index contributed by atoms with van der Waals surface area (Å²) >= 11 is 0. The van der Waals surface area contributed by atoms with Crippen molar-refractivity contribution in [2.24, 2.45) is 5.11 Å². The van der Waals surface area contributed by atoms with Gasteiger partial charge >= 0.3 is 0 Å². The molecule has 4 nitrogen and oxygen atoms in total. The first-order valence-electron chi connectivity index (χ1n) is 3.49. The molecule has 0 fully saturated rings. The van der Waals surface area contributed by atoms with Crippen LogP contribution in [0.15, 0.2) is 23.3 Å². The van der Waals surface area contributed by atoms with Crippen LogP contribution < -0.4 is 0 Å². The Labute approximate surface area is 72.8 Å². The zero-order chi connectivity index (χ0) is 9.68. The first-order valence-corrected chi connectivity index (χ1v) is 3.49. The average Bonchev–Trinajstić information content (AvgIpc) is 2.15. The van der Waals surface area contributed by atoms with E-state index < -0.39 is 6.43 Å². The standard InChI is InChI=1S/C7H6F2N4/c8-7(9)6-3-1-2-5(12-6)4-11-13-10/h1-3,7H,4H2. The highest BCUT2D eigenvalue weighted by molar-refractivity contribution is 5.11. The Balaban J connectivity index is 2.85. The Bertz CT molecular complexity index is 333. The number of azide groups is 1. The maximum atomic E-state index is 12.1. The van der Waals surface area contributed by atoms with Crippen molar-refractivity contribution >= 4 is 0 Å². The molecule has 0 saturated heterocycles. The van der Waals surface area contributed by atoms with Crippen molar-refractivity contribution in [2.75, 3.05) is 0 Å². The van der Waals surface area contributed by atoms with Gasteiger partial charge in [-0.1, -0.05) is 11.2 Å². The third kappa shape index (κ3) is 2.68. The van der Waals surface area contributed by atoms with Gasteiger partial charge in [0.25, 0.3) is 6.43 Å². The van der Waals surface area contributed by atoms with Crippen LogP contribution in [-0.4, -0.2) is 4.98 Å². The summed E-state index contributed by atoms with van der Waals surface area (Å²) in [5.74, 6) is 0. The molecule has 0 atom stereocenters. The van der Waals surface area contributed by atoms with Gasteiger partial charge in [-0.3, -0.25) is 4.98 Å². The summed E-state index contributed by atoms with van der Waals surface area (Å²) in [6, 6.07) is 4.21. The second kappa shape index (κ2) is 4.37. The average molecular weight is 184 g/mol. The fraction of sp³-hybridized carbons (Fsp3) is 0.286. The van der Waals surface area contributed by atoms with E-state index in [4.69, 9.17) is 5.53 Å². The minimum Gasteiger partial charge on any atom is -0.252 e. The van der Waals surface area contributed by atoms with Crippen molar-refractivity contribution in [3.05, 3.63) is 40.0 Å². The molecule has 0 radical (unpaired) electrons. The van der Waals surface area contributed by atoms with Crippen molar-refractivity contribution in [1.29, 1.82) is 0 Å². The molecule has 68 valence electrons. The number of hydrogen-bond donors (Lipinski definition) is 0. The summed E-state index contributed by atoms with van der Waals surface area (Å²) in [7, 11) is 0. The van der Waals surface area contributed by atoms with Gasteiger partial charge in [0, 0.05) is 10.6 Å². The molecular formula is C7H6F2N4. The summed E-state index contributed by atoms with van der Waals surface area (Å²) < 4.78 is 24.2. The quantitative estimate of drug-likeness (QED) is 0.404. The van der Waals surface area contributed by atoms with Gasteiger partial charge < -0.3 is 0 Å². The topological polar surface area (TPSA) is 61.7 Å². The van der Waals surface area contributed by atoms with E-state index in [1.54, 1.807) is 0 Å². The van der Waals surface area contributed by atoms with E-state index in [9.17, 15) is 8.78 Å². The van der Waals surface area contributed by atoms with Gasteiger partial charge in [-0.15, -0.1) is 0 Å². The summed E-state index contributed by atoms with van der Waals surface area (Å²) in [5.41, 5.74) is 8.03. The minimum atomic E-state index is -2.59. The Morgan fingerprint density at radius 2 is 2.31 bits per heavy atom. The number of pyridine rings is 1. The minimum absolute atomic E-state index is 0.00292. The van der Waals surface area contributed by atoms with Gasteiger partial charge in [0.15, 0.2) is 0 Å². The second-order valence-corrected chi connectivity index (χ2v) is 2.24. The van der Waals surface area contributed by atoms with Crippen LogP contribution in [0.2, 0.25) is 0 Å². The van der Waals surface area contributed by atoms with E-state index in [1.807, 2.05) is 0 Å². The van der Waals surface area contributed by atoms with Crippen LogP contribution in [0.4, 0.5) is 8.78 Å². The van der Waals surface area contributed by atoms with Crippen molar-refractivity contribution in [2.45, 2.75) is 13.0 Å². The van der Waals surface area contributed by atoms with E-state index in [0.29, 0.717) is 5.69 Å². The Morgan fingerprint density at radius 3 is 2.92 bits per heavy atom. The molecule has 1 rings (SSSR count). The van der Waals surface area contributed by atoms with E-state index in [0.717, 1.165) is 0 Å². The van der Waals surface area contributed by atoms with E-state index in [1.165, 1.54) is 18.2 Å².